The van der Waals surface area contributed by atoms with Crippen LogP contribution in [0.3, 0.4) is 0 Å². The van der Waals surface area contributed by atoms with Crippen molar-refractivity contribution in [2.45, 2.75) is 13.3 Å². The third kappa shape index (κ3) is 3.38. The second kappa shape index (κ2) is 5.71. The van der Waals surface area contributed by atoms with E-state index in [2.05, 4.69) is 53.7 Å². The first-order chi connectivity index (χ1) is 7.84. The third-order valence-corrected chi connectivity index (χ3v) is 2.88. The Bertz CT molecular complexity index is 337. The average Bonchev–Trinajstić information content (AvgIpc) is 2.31. The summed E-state index contributed by atoms with van der Waals surface area (Å²) in [6.07, 6.45) is 3.37. The van der Waals surface area contributed by atoms with Gasteiger partial charge in [-0.2, -0.15) is 0 Å². The fraction of sp³-hybridized carbons (Fsp3) is 0.429. The number of allylic oxidation sites excluding steroid dienone is 1. The summed E-state index contributed by atoms with van der Waals surface area (Å²) in [4.78, 5) is 2.41. The lowest BCUT2D eigenvalue weighted by Crippen LogP contribution is -2.40. The van der Waals surface area contributed by atoms with Crippen molar-refractivity contribution in [1.29, 1.82) is 0 Å². The van der Waals surface area contributed by atoms with Crippen LogP contribution in [-0.2, 0) is 6.42 Å². The Morgan fingerprint density at radius 2 is 1.94 bits per heavy atom. The highest BCUT2D eigenvalue weighted by Crippen LogP contribution is 2.08. The zero-order valence-electron chi connectivity index (χ0n) is 9.95. The molecule has 0 spiro atoms. The Kier molecular flexibility index (Phi) is 4.00. The normalized spacial score (nSPS) is 17.6. The molecule has 0 bridgehead atoms. The van der Waals surface area contributed by atoms with Gasteiger partial charge in [0.2, 0.25) is 0 Å². The van der Waals surface area contributed by atoms with Crippen molar-refractivity contribution in [2.24, 2.45) is 0 Å². The first-order valence-electron chi connectivity index (χ1n) is 6.00. The van der Waals surface area contributed by atoms with Gasteiger partial charge in [0, 0.05) is 26.2 Å². The second-order valence-electron chi connectivity index (χ2n) is 4.42. The highest BCUT2D eigenvalue weighted by atomic mass is 15.2. The maximum atomic E-state index is 3.37. The van der Waals surface area contributed by atoms with Crippen LogP contribution in [0.25, 0.3) is 0 Å². The lowest BCUT2D eigenvalue weighted by molar-refractivity contribution is 0.322. The summed E-state index contributed by atoms with van der Waals surface area (Å²) >= 11 is 0. The fourth-order valence-corrected chi connectivity index (χ4v) is 2.09. The van der Waals surface area contributed by atoms with Gasteiger partial charge in [0.25, 0.3) is 0 Å². The summed E-state index contributed by atoms with van der Waals surface area (Å²) in [5.74, 6) is 0. The van der Waals surface area contributed by atoms with E-state index >= 15 is 0 Å². The molecule has 0 radical (unpaired) electrons. The van der Waals surface area contributed by atoms with Crippen LogP contribution in [0.5, 0.6) is 0 Å². The Labute approximate surface area is 98.0 Å². The minimum atomic E-state index is 1.06. The van der Waals surface area contributed by atoms with Gasteiger partial charge in [0.05, 0.1) is 0 Å². The maximum Gasteiger partial charge on any atom is 0.0298 e. The molecule has 16 heavy (non-hydrogen) atoms. The van der Waals surface area contributed by atoms with Crippen molar-refractivity contribution in [2.75, 3.05) is 26.2 Å². The Morgan fingerprint density at radius 1 is 1.25 bits per heavy atom. The van der Waals surface area contributed by atoms with Crippen molar-refractivity contribution < 1.29 is 0 Å². The van der Waals surface area contributed by atoms with E-state index in [1.165, 1.54) is 11.1 Å². The van der Waals surface area contributed by atoms with Crippen molar-refractivity contribution >= 4 is 0 Å². The molecule has 2 nitrogen and oxygen atoms in total. The molecule has 86 valence electrons. The van der Waals surface area contributed by atoms with Gasteiger partial charge in [-0.15, -0.1) is 0 Å². The summed E-state index contributed by atoms with van der Waals surface area (Å²) in [5.41, 5.74) is 2.83. The molecule has 1 saturated heterocycles. The minimum absolute atomic E-state index is 1.06. The van der Waals surface area contributed by atoms with E-state index in [0.29, 0.717) is 0 Å². The highest BCUT2D eigenvalue weighted by molar-refractivity contribution is 5.20. The molecule has 1 aliphatic heterocycles. The van der Waals surface area contributed by atoms with Crippen LogP contribution < -0.4 is 5.32 Å². The number of rotatable bonds is 3. The first kappa shape index (κ1) is 11.2. The molecule has 0 unspecified atom stereocenters. The van der Waals surface area contributed by atoms with Gasteiger partial charge in [0.15, 0.2) is 0 Å². The van der Waals surface area contributed by atoms with Crippen LogP contribution in [0.4, 0.5) is 0 Å². The smallest absolute Gasteiger partial charge is 0.0298 e. The Balaban J connectivity index is 1.91. The van der Waals surface area contributed by atoms with Crippen molar-refractivity contribution in [3.8, 4) is 0 Å². The molecule has 1 heterocycles. The molecule has 1 aliphatic rings. The van der Waals surface area contributed by atoms with E-state index in [1.807, 2.05) is 0 Å². The van der Waals surface area contributed by atoms with Crippen LogP contribution in [0.1, 0.15) is 12.5 Å². The fourth-order valence-electron chi connectivity index (χ4n) is 2.09. The van der Waals surface area contributed by atoms with Gasteiger partial charge < -0.3 is 10.2 Å². The van der Waals surface area contributed by atoms with Gasteiger partial charge >= 0.3 is 0 Å². The predicted octanol–water partition coefficient (Wildman–Crippen LogP) is 2.04. The van der Waals surface area contributed by atoms with E-state index in [4.69, 9.17) is 0 Å². The van der Waals surface area contributed by atoms with Gasteiger partial charge in [-0.05, 0) is 25.1 Å². The number of piperazine rings is 1. The molecule has 1 N–H and O–H groups in total. The first-order valence-corrected chi connectivity index (χ1v) is 6.00. The lowest BCUT2D eigenvalue weighted by Gasteiger charge is -2.26. The average molecular weight is 216 g/mol. The molecule has 0 aliphatic carbocycles. The van der Waals surface area contributed by atoms with Gasteiger partial charge in [0.1, 0.15) is 0 Å². The zero-order chi connectivity index (χ0) is 11.2. The zero-order valence-corrected chi connectivity index (χ0v) is 9.95. The maximum absolute atomic E-state index is 3.37. The van der Waals surface area contributed by atoms with Crippen molar-refractivity contribution in [1.82, 2.24) is 10.2 Å². The van der Waals surface area contributed by atoms with E-state index in [9.17, 15) is 0 Å². The molecule has 0 amide bonds. The summed E-state index contributed by atoms with van der Waals surface area (Å²) in [6.45, 7) is 6.69. The number of nitrogens with one attached hydrogen (secondary N) is 1. The molecule has 0 atom stereocenters. The molecule has 0 saturated carbocycles. The quantitative estimate of drug-likeness (QED) is 0.832. The van der Waals surface area contributed by atoms with Crippen molar-refractivity contribution in [3.05, 3.63) is 47.7 Å². The molecule has 2 heteroatoms. The Morgan fingerprint density at radius 3 is 2.62 bits per heavy atom. The van der Waals surface area contributed by atoms with Crippen LogP contribution >= 0.6 is 0 Å². The molecular formula is C14H20N2. The summed E-state index contributed by atoms with van der Waals surface area (Å²) in [6, 6.07) is 10.7. The highest BCUT2D eigenvalue weighted by Gasteiger charge is 2.05. The number of hydrogen-bond donors (Lipinski definition) is 1. The van der Waals surface area contributed by atoms with Crippen LogP contribution in [0.15, 0.2) is 42.1 Å². The molecule has 2 rings (SSSR count). The molecular weight excluding hydrogens is 196 g/mol. The topological polar surface area (TPSA) is 15.3 Å². The Hall–Kier alpha value is -1.28. The predicted molar refractivity (Wildman–Crippen MR) is 68.3 cm³/mol. The summed E-state index contributed by atoms with van der Waals surface area (Å²) < 4.78 is 0. The summed E-state index contributed by atoms with van der Waals surface area (Å²) in [7, 11) is 0. The molecule has 1 aromatic carbocycles. The monoisotopic (exact) mass is 216 g/mol. The standard InChI is InChI=1S/C14H20N2/c1-13(11-14-5-3-2-4-6-14)12-16-9-7-15-8-10-16/h2-6,12,15H,7-11H2,1H3/b13-12+. The van der Waals surface area contributed by atoms with Crippen LogP contribution in [-0.4, -0.2) is 31.1 Å². The lowest BCUT2D eigenvalue weighted by atomic mass is 10.1. The number of nitrogens with zero attached hydrogens (tertiary/aromatic N) is 1. The van der Waals surface area contributed by atoms with E-state index in [-0.39, 0.29) is 0 Å². The SMILES string of the molecule is C/C(=C\N1CCNCC1)Cc1ccccc1. The van der Waals surface area contributed by atoms with Gasteiger partial charge in [-0.25, -0.2) is 0 Å². The van der Waals surface area contributed by atoms with E-state index in [1.54, 1.807) is 0 Å². The third-order valence-electron chi connectivity index (χ3n) is 2.88. The van der Waals surface area contributed by atoms with Gasteiger partial charge in [-0.1, -0.05) is 35.9 Å². The number of benzene rings is 1. The van der Waals surface area contributed by atoms with Gasteiger partial charge in [-0.3, -0.25) is 0 Å². The molecule has 1 fully saturated rings. The second-order valence-corrected chi connectivity index (χ2v) is 4.42. The molecule has 0 aromatic heterocycles. The van der Waals surface area contributed by atoms with Crippen LogP contribution in [0.2, 0.25) is 0 Å². The van der Waals surface area contributed by atoms with E-state index < -0.39 is 0 Å². The largest absolute Gasteiger partial charge is 0.375 e. The molecule has 1 aromatic rings. The van der Waals surface area contributed by atoms with E-state index in [0.717, 1.165) is 32.6 Å². The summed E-state index contributed by atoms with van der Waals surface area (Å²) in [5, 5.41) is 3.37. The van der Waals surface area contributed by atoms with Crippen molar-refractivity contribution in [3.63, 3.8) is 0 Å². The number of hydrogen-bond acceptors (Lipinski definition) is 2. The van der Waals surface area contributed by atoms with Crippen LogP contribution in [0, 0.1) is 0 Å². The minimum Gasteiger partial charge on any atom is -0.375 e.